The number of hydrogen-bond donors (Lipinski definition) is 1. The predicted molar refractivity (Wildman–Crippen MR) is 88.1 cm³/mol. The van der Waals surface area contributed by atoms with Crippen LogP contribution in [0.5, 0.6) is 0 Å². The fourth-order valence-corrected chi connectivity index (χ4v) is 6.20. The topological polar surface area (TPSA) is 26.0 Å². The van der Waals surface area contributed by atoms with Gasteiger partial charge in [0.1, 0.15) is 0 Å². The van der Waals surface area contributed by atoms with Crippen molar-refractivity contribution < 1.29 is 0 Å². The molecular weight excluding hydrogens is 254 g/mol. The number of benzene rings is 1. The predicted octanol–water partition coefficient (Wildman–Crippen LogP) is 4.47. The molecule has 0 spiro atoms. The zero-order valence-electron chi connectivity index (χ0n) is 13.4. The largest absolute Gasteiger partial charge is 0.327 e. The van der Waals surface area contributed by atoms with Crippen LogP contribution in [0.1, 0.15) is 56.1 Å². The molecule has 4 aliphatic carbocycles. The number of aryl methyl sites for hydroxylation is 1. The van der Waals surface area contributed by atoms with Gasteiger partial charge in [-0.3, -0.25) is 0 Å². The Morgan fingerprint density at radius 3 is 2.05 bits per heavy atom. The first kappa shape index (κ1) is 13.8. The quantitative estimate of drug-likeness (QED) is 0.866. The van der Waals surface area contributed by atoms with E-state index >= 15 is 0 Å². The zero-order chi connectivity index (χ0) is 14.4. The lowest BCUT2D eigenvalue weighted by atomic mass is 9.48. The third-order valence-electron chi connectivity index (χ3n) is 6.48. The van der Waals surface area contributed by atoms with Crippen LogP contribution < -0.4 is 5.73 Å². The van der Waals surface area contributed by atoms with Crippen LogP contribution in [-0.4, -0.2) is 6.04 Å². The summed E-state index contributed by atoms with van der Waals surface area (Å²) in [5, 5.41) is 0. The summed E-state index contributed by atoms with van der Waals surface area (Å²) in [5.41, 5.74) is 9.94. The van der Waals surface area contributed by atoms with Gasteiger partial charge in [0, 0.05) is 6.04 Å². The van der Waals surface area contributed by atoms with Crippen LogP contribution in [0.2, 0.25) is 0 Å². The van der Waals surface area contributed by atoms with E-state index in [1.807, 2.05) is 0 Å². The third kappa shape index (κ3) is 2.77. The molecule has 0 radical (unpaired) electrons. The summed E-state index contributed by atoms with van der Waals surface area (Å²) in [6.07, 6.45) is 11.4. The van der Waals surface area contributed by atoms with Crippen LogP contribution >= 0.6 is 0 Å². The first-order valence-corrected chi connectivity index (χ1v) is 8.91. The first-order chi connectivity index (χ1) is 10.1. The molecule has 1 aromatic carbocycles. The highest BCUT2D eigenvalue weighted by Gasteiger charge is 2.50. The van der Waals surface area contributed by atoms with Gasteiger partial charge in [-0.25, -0.2) is 0 Å². The van der Waals surface area contributed by atoms with Crippen LogP contribution in [0.25, 0.3) is 0 Å². The Hall–Kier alpha value is -0.820. The zero-order valence-corrected chi connectivity index (χ0v) is 13.4. The molecule has 0 amide bonds. The van der Waals surface area contributed by atoms with Gasteiger partial charge in [0.25, 0.3) is 0 Å². The molecule has 114 valence electrons. The molecule has 2 N–H and O–H groups in total. The molecular formula is C20H29N. The molecule has 1 atom stereocenters. The molecule has 0 aliphatic heterocycles. The fourth-order valence-electron chi connectivity index (χ4n) is 6.20. The van der Waals surface area contributed by atoms with E-state index < -0.39 is 0 Å². The van der Waals surface area contributed by atoms with Crippen molar-refractivity contribution in [3.05, 3.63) is 35.4 Å². The molecule has 4 aliphatic rings. The Morgan fingerprint density at radius 2 is 1.52 bits per heavy atom. The Labute approximate surface area is 129 Å². The molecule has 4 bridgehead atoms. The minimum Gasteiger partial charge on any atom is -0.327 e. The molecule has 0 heterocycles. The molecule has 1 aromatic rings. The van der Waals surface area contributed by atoms with Gasteiger partial charge in [0.05, 0.1) is 0 Å². The standard InChI is InChI=1S/C20H29N/c1-14-2-4-15(5-3-14)9-19(21)13-20-10-16-6-17(11-20)8-18(7-16)12-20/h2-5,16-19H,6-13,21H2,1H3. The Morgan fingerprint density at radius 1 is 1.00 bits per heavy atom. The van der Waals surface area contributed by atoms with Crippen molar-refractivity contribution in [3.8, 4) is 0 Å². The van der Waals surface area contributed by atoms with E-state index in [1.165, 1.54) is 56.1 Å². The number of rotatable bonds is 4. The molecule has 1 unspecified atom stereocenters. The van der Waals surface area contributed by atoms with Crippen molar-refractivity contribution in [1.29, 1.82) is 0 Å². The fraction of sp³-hybridized carbons (Fsp3) is 0.700. The van der Waals surface area contributed by atoms with Crippen molar-refractivity contribution in [1.82, 2.24) is 0 Å². The van der Waals surface area contributed by atoms with Gasteiger partial charge in [0.15, 0.2) is 0 Å². The van der Waals surface area contributed by atoms with Crippen molar-refractivity contribution in [2.45, 2.75) is 64.3 Å². The summed E-state index contributed by atoms with van der Waals surface area (Å²) in [6.45, 7) is 2.15. The third-order valence-corrected chi connectivity index (χ3v) is 6.48. The second-order valence-electron chi connectivity index (χ2n) is 8.57. The van der Waals surface area contributed by atoms with Crippen LogP contribution in [0.4, 0.5) is 0 Å². The van der Waals surface area contributed by atoms with Gasteiger partial charge in [0.2, 0.25) is 0 Å². The van der Waals surface area contributed by atoms with Crippen LogP contribution in [0.3, 0.4) is 0 Å². The van der Waals surface area contributed by atoms with Crippen molar-refractivity contribution in [2.75, 3.05) is 0 Å². The molecule has 0 saturated heterocycles. The van der Waals surface area contributed by atoms with Crippen molar-refractivity contribution in [2.24, 2.45) is 28.9 Å². The molecule has 0 aromatic heterocycles. The SMILES string of the molecule is Cc1ccc(CC(N)CC23CC4CC(CC(C4)C2)C3)cc1. The maximum Gasteiger partial charge on any atom is 0.00846 e. The lowest BCUT2D eigenvalue weighted by Crippen LogP contribution is -2.48. The highest BCUT2D eigenvalue weighted by Crippen LogP contribution is 2.61. The maximum atomic E-state index is 6.57. The van der Waals surface area contributed by atoms with Gasteiger partial charge in [-0.2, -0.15) is 0 Å². The molecule has 4 fully saturated rings. The average molecular weight is 283 g/mol. The van der Waals surface area contributed by atoms with Crippen LogP contribution in [0.15, 0.2) is 24.3 Å². The summed E-state index contributed by atoms with van der Waals surface area (Å²) >= 11 is 0. The molecule has 1 heteroatoms. The van der Waals surface area contributed by atoms with E-state index in [-0.39, 0.29) is 0 Å². The molecule has 21 heavy (non-hydrogen) atoms. The van der Waals surface area contributed by atoms with E-state index in [1.54, 1.807) is 0 Å². The molecule has 4 saturated carbocycles. The van der Waals surface area contributed by atoms with Crippen LogP contribution in [0, 0.1) is 30.1 Å². The summed E-state index contributed by atoms with van der Waals surface area (Å²) in [4.78, 5) is 0. The van der Waals surface area contributed by atoms with E-state index in [2.05, 4.69) is 31.2 Å². The summed E-state index contributed by atoms with van der Waals surface area (Å²) in [5.74, 6) is 3.13. The molecule has 1 nitrogen and oxygen atoms in total. The second kappa shape index (κ2) is 5.12. The smallest absolute Gasteiger partial charge is 0.00846 e. The summed E-state index contributed by atoms with van der Waals surface area (Å²) < 4.78 is 0. The minimum atomic E-state index is 0.351. The Balaban J connectivity index is 1.42. The highest BCUT2D eigenvalue weighted by molar-refractivity contribution is 5.22. The lowest BCUT2D eigenvalue weighted by Gasteiger charge is -2.57. The second-order valence-corrected chi connectivity index (χ2v) is 8.57. The Kier molecular flexibility index (Phi) is 3.37. The van der Waals surface area contributed by atoms with Gasteiger partial charge >= 0.3 is 0 Å². The maximum absolute atomic E-state index is 6.57. The van der Waals surface area contributed by atoms with Gasteiger partial charge in [-0.05, 0) is 87.0 Å². The number of hydrogen-bond acceptors (Lipinski definition) is 1. The van der Waals surface area contributed by atoms with Crippen molar-refractivity contribution in [3.63, 3.8) is 0 Å². The van der Waals surface area contributed by atoms with Gasteiger partial charge < -0.3 is 5.73 Å². The van der Waals surface area contributed by atoms with E-state index in [0.717, 1.165) is 24.2 Å². The summed E-state index contributed by atoms with van der Waals surface area (Å²) in [7, 11) is 0. The van der Waals surface area contributed by atoms with Gasteiger partial charge in [-0.1, -0.05) is 29.8 Å². The Bertz CT molecular complexity index is 466. The van der Waals surface area contributed by atoms with E-state index in [9.17, 15) is 0 Å². The lowest BCUT2D eigenvalue weighted by molar-refractivity contribution is -0.0602. The first-order valence-electron chi connectivity index (χ1n) is 8.91. The van der Waals surface area contributed by atoms with Crippen LogP contribution in [-0.2, 0) is 6.42 Å². The normalized spacial score (nSPS) is 38.7. The minimum absolute atomic E-state index is 0.351. The van der Waals surface area contributed by atoms with Crippen molar-refractivity contribution >= 4 is 0 Å². The van der Waals surface area contributed by atoms with E-state index in [4.69, 9.17) is 5.73 Å². The monoisotopic (exact) mass is 283 g/mol. The number of nitrogens with two attached hydrogens (primary N) is 1. The highest BCUT2D eigenvalue weighted by atomic mass is 14.7. The van der Waals surface area contributed by atoms with Gasteiger partial charge in [-0.15, -0.1) is 0 Å². The average Bonchev–Trinajstić information content (AvgIpc) is 2.39. The summed E-state index contributed by atoms with van der Waals surface area (Å²) in [6, 6.07) is 9.30. The van der Waals surface area contributed by atoms with E-state index in [0.29, 0.717) is 11.5 Å². The molecule has 5 rings (SSSR count).